The minimum atomic E-state index is 0.796. The fourth-order valence-electron chi connectivity index (χ4n) is 1.27. The second-order valence-corrected chi connectivity index (χ2v) is 3.67. The van der Waals surface area contributed by atoms with Gasteiger partial charge in [-0.25, -0.2) is 5.41 Å². The molecule has 2 nitrogen and oxygen atoms in total. The van der Waals surface area contributed by atoms with Gasteiger partial charge in [0.25, 0.3) is 0 Å². The van der Waals surface area contributed by atoms with Crippen molar-refractivity contribution in [1.82, 2.24) is 0 Å². The average Bonchev–Trinajstić information content (AvgIpc) is 2.72. The van der Waals surface area contributed by atoms with Gasteiger partial charge in [-0.15, -0.1) is 11.3 Å². The van der Waals surface area contributed by atoms with Gasteiger partial charge in [0.05, 0.1) is 11.7 Å². The summed E-state index contributed by atoms with van der Waals surface area (Å²) in [6.45, 7) is 0. The summed E-state index contributed by atoms with van der Waals surface area (Å²) in [6.07, 6.45) is 0. The predicted octanol–water partition coefficient (Wildman–Crippen LogP) is 3.80. The maximum atomic E-state index is 6.85. The van der Waals surface area contributed by atoms with E-state index >= 15 is 0 Å². The predicted molar refractivity (Wildman–Crippen MR) is 59.6 cm³/mol. The standard InChI is InChI=1S/C11H8N2S/c12-8-13-10-5-2-1-4-9(10)11-6-3-7-14-11/h1-7,12H. The van der Waals surface area contributed by atoms with E-state index < -0.39 is 0 Å². The monoisotopic (exact) mass is 200 g/mol. The van der Waals surface area contributed by atoms with Gasteiger partial charge >= 0.3 is 0 Å². The number of nitrogens with zero attached hydrogens (tertiary/aromatic N) is 1. The van der Waals surface area contributed by atoms with Gasteiger partial charge in [-0.05, 0) is 17.5 Å². The van der Waals surface area contributed by atoms with Crippen molar-refractivity contribution >= 4 is 23.0 Å². The van der Waals surface area contributed by atoms with Gasteiger partial charge < -0.3 is 0 Å². The molecule has 68 valence electrons. The summed E-state index contributed by atoms with van der Waals surface area (Å²) in [5.74, 6) is 0. The molecular weight excluding hydrogens is 192 g/mol. The summed E-state index contributed by atoms with van der Waals surface area (Å²) in [6, 6.07) is 13.9. The summed E-state index contributed by atoms with van der Waals surface area (Å²) in [5, 5.41) is 8.88. The normalized spacial score (nSPS) is 9.43. The van der Waals surface area contributed by atoms with Crippen molar-refractivity contribution in [2.45, 2.75) is 0 Å². The lowest BCUT2D eigenvalue weighted by Crippen LogP contribution is -1.72. The first-order valence-corrected chi connectivity index (χ1v) is 5.05. The van der Waals surface area contributed by atoms with E-state index in [9.17, 15) is 0 Å². The fourth-order valence-corrected chi connectivity index (χ4v) is 2.03. The zero-order valence-corrected chi connectivity index (χ0v) is 8.21. The highest BCUT2D eigenvalue weighted by molar-refractivity contribution is 7.13. The molecule has 0 saturated carbocycles. The third-order valence-electron chi connectivity index (χ3n) is 1.87. The Bertz CT molecular complexity index is 468. The Morgan fingerprint density at radius 3 is 2.71 bits per heavy atom. The highest BCUT2D eigenvalue weighted by Crippen LogP contribution is 2.32. The number of hydrogen-bond donors (Lipinski definition) is 1. The third kappa shape index (κ3) is 1.64. The number of benzene rings is 1. The van der Waals surface area contributed by atoms with E-state index in [4.69, 9.17) is 5.41 Å². The average molecular weight is 200 g/mol. The van der Waals surface area contributed by atoms with Gasteiger partial charge in [0.1, 0.15) is 0 Å². The molecular formula is C11H8N2S. The molecule has 1 N–H and O–H groups in total. The van der Waals surface area contributed by atoms with E-state index in [0.29, 0.717) is 0 Å². The van der Waals surface area contributed by atoms with Gasteiger partial charge in [0.15, 0.2) is 0 Å². The van der Waals surface area contributed by atoms with Crippen LogP contribution in [0.5, 0.6) is 0 Å². The molecule has 0 radical (unpaired) electrons. The molecule has 0 saturated heterocycles. The maximum Gasteiger partial charge on any atom is 0.0918 e. The number of rotatable bonds is 2. The van der Waals surface area contributed by atoms with Crippen molar-refractivity contribution < 1.29 is 0 Å². The molecule has 1 heterocycles. The van der Waals surface area contributed by atoms with Crippen LogP contribution in [0.4, 0.5) is 5.69 Å². The Balaban J connectivity index is 2.57. The fraction of sp³-hybridized carbons (Fsp3) is 0. The molecule has 0 aliphatic heterocycles. The quantitative estimate of drug-likeness (QED) is 0.716. The maximum absolute atomic E-state index is 6.85. The van der Waals surface area contributed by atoms with Crippen molar-refractivity contribution in [1.29, 1.82) is 5.41 Å². The summed E-state index contributed by atoms with van der Waals surface area (Å²) in [7, 11) is 0. The molecule has 0 unspecified atom stereocenters. The van der Waals surface area contributed by atoms with Crippen LogP contribution in [0.15, 0.2) is 46.8 Å². The van der Waals surface area contributed by atoms with Gasteiger partial charge in [0.2, 0.25) is 0 Å². The summed E-state index contributed by atoms with van der Waals surface area (Å²) in [4.78, 5) is 5.05. The van der Waals surface area contributed by atoms with Crippen LogP contribution in [-0.2, 0) is 0 Å². The second-order valence-electron chi connectivity index (χ2n) is 2.72. The van der Waals surface area contributed by atoms with Crippen LogP contribution in [0, 0.1) is 5.41 Å². The van der Waals surface area contributed by atoms with Crippen LogP contribution in [0.2, 0.25) is 0 Å². The molecule has 14 heavy (non-hydrogen) atoms. The number of aliphatic imine (C=N–C) groups is 1. The van der Waals surface area contributed by atoms with Crippen molar-refractivity contribution in [3.8, 4) is 10.4 Å². The molecule has 2 aromatic rings. The zero-order valence-electron chi connectivity index (χ0n) is 7.40. The highest BCUT2D eigenvalue weighted by atomic mass is 32.1. The largest absolute Gasteiger partial charge is 0.241 e. The molecule has 0 bridgehead atoms. The molecule has 0 spiro atoms. The molecule has 3 heteroatoms. The molecule has 0 amide bonds. The Kier molecular flexibility index (Phi) is 2.54. The lowest BCUT2D eigenvalue weighted by atomic mass is 10.1. The lowest BCUT2D eigenvalue weighted by molar-refractivity contribution is 1.49. The van der Waals surface area contributed by atoms with Gasteiger partial charge in [-0.2, -0.15) is 4.99 Å². The summed E-state index contributed by atoms with van der Waals surface area (Å²) >= 11 is 1.67. The number of thiophene rings is 1. The second kappa shape index (κ2) is 4.01. The molecule has 0 aliphatic rings. The van der Waals surface area contributed by atoms with Crippen molar-refractivity contribution in [3.05, 3.63) is 41.8 Å². The molecule has 2 rings (SSSR count). The van der Waals surface area contributed by atoms with Gasteiger partial charge in [0, 0.05) is 10.4 Å². The van der Waals surface area contributed by atoms with E-state index in [0.717, 1.165) is 11.3 Å². The Morgan fingerprint density at radius 1 is 1.14 bits per heavy atom. The van der Waals surface area contributed by atoms with Crippen LogP contribution in [0.25, 0.3) is 10.4 Å². The first-order chi connectivity index (χ1) is 6.92. The number of para-hydroxylation sites is 1. The number of nitrogens with one attached hydrogen (secondary N) is 1. The topological polar surface area (TPSA) is 36.2 Å². The summed E-state index contributed by atoms with van der Waals surface area (Å²) in [5.41, 5.74) is 1.85. The number of hydrogen-bond acceptors (Lipinski definition) is 3. The van der Waals surface area contributed by atoms with Gasteiger partial charge in [-0.1, -0.05) is 24.3 Å². The Hall–Kier alpha value is -1.70. The van der Waals surface area contributed by atoms with Crippen LogP contribution in [0.3, 0.4) is 0 Å². The lowest BCUT2D eigenvalue weighted by Gasteiger charge is -2.00. The smallest absolute Gasteiger partial charge is 0.0918 e. The minimum Gasteiger partial charge on any atom is -0.241 e. The first kappa shape index (κ1) is 8.88. The zero-order chi connectivity index (χ0) is 9.80. The van der Waals surface area contributed by atoms with Crippen LogP contribution < -0.4 is 0 Å². The highest BCUT2D eigenvalue weighted by Gasteiger charge is 2.03. The SMILES string of the molecule is N=C=Nc1ccccc1-c1cccs1. The molecule has 1 aromatic heterocycles. The molecule has 1 aromatic carbocycles. The van der Waals surface area contributed by atoms with Gasteiger partial charge in [-0.3, -0.25) is 0 Å². The molecule has 0 fully saturated rings. The minimum absolute atomic E-state index is 0.796. The van der Waals surface area contributed by atoms with E-state index in [1.807, 2.05) is 41.8 Å². The van der Waals surface area contributed by atoms with Crippen molar-refractivity contribution in [2.24, 2.45) is 4.99 Å². The Morgan fingerprint density at radius 2 is 2.00 bits per heavy atom. The van der Waals surface area contributed by atoms with E-state index in [-0.39, 0.29) is 0 Å². The van der Waals surface area contributed by atoms with Crippen LogP contribution in [-0.4, -0.2) is 6.01 Å². The van der Waals surface area contributed by atoms with Crippen molar-refractivity contribution in [2.75, 3.05) is 0 Å². The van der Waals surface area contributed by atoms with Crippen LogP contribution in [0.1, 0.15) is 0 Å². The third-order valence-corrected chi connectivity index (χ3v) is 2.77. The van der Waals surface area contributed by atoms with Crippen LogP contribution >= 0.6 is 11.3 Å². The first-order valence-electron chi connectivity index (χ1n) is 4.17. The van der Waals surface area contributed by atoms with E-state index in [2.05, 4.69) is 11.0 Å². The van der Waals surface area contributed by atoms with E-state index in [1.165, 1.54) is 4.88 Å². The van der Waals surface area contributed by atoms with Crippen molar-refractivity contribution in [3.63, 3.8) is 0 Å². The summed E-state index contributed by atoms with van der Waals surface area (Å²) < 4.78 is 0. The molecule has 0 aliphatic carbocycles. The molecule has 0 atom stereocenters. The Labute approximate surface area is 86.1 Å². The van der Waals surface area contributed by atoms with E-state index in [1.54, 1.807) is 11.3 Å².